The van der Waals surface area contributed by atoms with Gasteiger partial charge in [0, 0.05) is 6.04 Å². The Kier molecular flexibility index (Phi) is 6.72. The van der Waals surface area contributed by atoms with Crippen LogP contribution < -0.4 is 10.6 Å². The van der Waals surface area contributed by atoms with Gasteiger partial charge < -0.3 is 15.7 Å². The molecule has 1 aromatic rings. The van der Waals surface area contributed by atoms with Crippen molar-refractivity contribution in [1.29, 1.82) is 0 Å². The van der Waals surface area contributed by atoms with Crippen LogP contribution in [-0.2, 0) is 4.79 Å². The minimum absolute atomic E-state index is 0.0554. The molecule has 0 heterocycles. The molecule has 0 aliphatic rings. The maximum atomic E-state index is 11.9. The van der Waals surface area contributed by atoms with Gasteiger partial charge in [0.2, 0.25) is 0 Å². The molecule has 0 saturated carbocycles. The molecular formula is C16H24N2O3. The van der Waals surface area contributed by atoms with E-state index >= 15 is 0 Å². The molecule has 0 spiro atoms. The van der Waals surface area contributed by atoms with Crippen molar-refractivity contribution < 1.29 is 14.7 Å². The number of carbonyl (C=O) groups is 2. The van der Waals surface area contributed by atoms with Crippen molar-refractivity contribution in [1.82, 2.24) is 10.6 Å². The van der Waals surface area contributed by atoms with Gasteiger partial charge in [0.05, 0.1) is 12.5 Å². The first-order valence-electron chi connectivity index (χ1n) is 7.27. The van der Waals surface area contributed by atoms with Crippen LogP contribution in [-0.4, -0.2) is 23.1 Å². The van der Waals surface area contributed by atoms with Crippen molar-refractivity contribution in [3.63, 3.8) is 0 Å². The number of amides is 2. The van der Waals surface area contributed by atoms with Gasteiger partial charge in [-0.1, -0.05) is 43.2 Å². The van der Waals surface area contributed by atoms with Crippen LogP contribution in [0, 0.1) is 6.92 Å². The van der Waals surface area contributed by atoms with Gasteiger partial charge in [0.1, 0.15) is 0 Å². The van der Waals surface area contributed by atoms with Crippen molar-refractivity contribution >= 4 is 12.0 Å². The second-order valence-electron chi connectivity index (χ2n) is 5.33. The van der Waals surface area contributed by atoms with Crippen molar-refractivity contribution in [2.24, 2.45) is 0 Å². The van der Waals surface area contributed by atoms with Gasteiger partial charge in [0.25, 0.3) is 0 Å². The molecule has 5 nitrogen and oxygen atoms in total. The highest BCUT2D eigenvalue weighted by atomic mass is 16.4. The highest BCUT2D eigenvalue weighted by Crippen LogP contribution is 2.13. The molecule has 0 fully saturated rings. The van der Waals surface area contributed by atoms with Gasteiger partial charge in [-0.15, -0.1) is 0 Å². The predicted molar refractivity (Wildman–Crippen MR) is 82.2 cm³/mol. The van der Waals surface area contributed by atoms with E-state index in [0.29, 0.717) is 6.42 Å². The lowest BCUT2D eigenvalue weighted by molar-refractivity contribution is -0.137. The van der Waals surface area contributed by atoms with Crippen LogP contribution in [0.2, 0.25) is 0 Å². The first kappa shape index (κ1) is 17.0. The SMILES string of the molecule is CCCC(CC(=O)O)NC(=O)NC(C)c1ccc(C)cc1. The van der Waals surface area contributed by atoms with E-state index in [0.717, 1.165) is 12.0 Å². The van der Waals surface area contributed by atoms with Gasteiger partial charge in [-0.3, -0.25) is 4.79 Å². The quantitative estimate of drug-likeness (QED) is 0.723. The number of urea groups is 1. The number of nitrogens with one attached hydrogen (secondary N) is 2. The number of carboxylic acid groups (broad SMARTS) is 1. The molecule has 0 saturated heterocycles. The molecule has 0 aliphatic heterocycles. The smallest absolute Gasteiger partial charge is 0.315 e. The molecule has 2 amide bonds. The summed E-state index contributed by atoms with van der Waals surface area (Å²) in [6.45, 7) is 5.87. The Balaban J connectivity index is 2.54. The van der Waals surface area contributed by atoms with Crippen LogP contribution in [0.15, 0.2) is 24.3 Å². The van der Waals surface area contributed by atoms with Crippen molar-refractivity contribution in [3.8, 4) is 0 Å². The van der Waals surface area contributed by atoms with Crippen LogP contribution in [0.25, 0.3) is 0 Å². The average molecular weight is 292 g/mol. The minimum Gasteiger partial charge on any atom is -0.481 e. The Morgan fingerprint density at radius 2 is 1.81 bits per heavy atom. The molecule has 1 aromatic carbocycles. The van der Waals surface area contributed by atoms with Gasteiger partial charge >= 0.3 is 12.0 Å². The highest BCUT2D eigenvalue weighted by molar-refractivity contribution is 5.76. The molecular weight excluding hydrogens is 268 g/mol. The zero-order valence-corrected chi connectivity index (χ0v) is 12.8. The van der Waals surface area contributed by atoms with Crippen LogP contribution in [0.4, 0.5) is 4.79 Å². The second-order valence-corrected chi connectivity index (χ2v) is 5.33. The number of hydrogen-bond donors (Lipinski definition) is 3. The molecule has 0 radical (unpaired) electrons. The van der Waals surface area contributed by atoms with E-state index in [1.165, 1.54) is 5.56 Å². The molecule has 0 aromatic heterocycles. The maximum Gasteiger partial charge on any atom is 0.315 e. The summed E-state index contributed by atoms with van der Waals surface area (Å²) in [6, 6.07) is 7.14. The van der Waals surface area contributed by atoms with Gasteiger partial charge in [0.15, 0.2) is 0 Å². The molecule has 2 unspecified atom stereocenters. The summed E-state index contributed by atoms with van der Waals surface area (Å²) in [4.78, 5) is 22.7. The molecule has 21 heavy (non-hydrogen) atoms. The van der Waals surface area contributed by atoms with Crippen LogP contribution >= 0.6 is 0 Å². The zero-order valence-electron chi connectivity index (χ0n) is 12.8. The number of rotatable bonds is 7. The Morgan fingerprint density at radius 1 is 1.19 bits per heavy atom. The van der Waals surface area contributed by atoms with Gasteiger partial charge in [-0.2, -0.15) is 0 Å². The fourth-order valence-corrected chi connectivity index (χ4v) is 2.15. The minimum atomic E-state index is -0.902. The summed E-state index contributed by atoms with van der Waals surface area (Å²) >= 11 is 0. The maximum absolute atomic E-state index is 11.9. The Morgan fingerprint density at radius 3 is 2.33 bits per heavy atom. The van der Waals surface area contributed by atoms with Crippen molar-refractivity contribution in [2.75, 3.05) is 0 Å². The second kappa shape index (κ2) is 8.29. The summed E-state index contributed by atoms with van der Waals surface area (Å²) in [5.41, 5.74) is 2.18. The van der Waals surface area contributed by atoms with E-state index in [2.05, 4.69) is 10.6 Å². The summed E-state index contributed by atoms with van der Waals surface area (Å²) in [6.07, 6.45) is 1.42. The lowest BCUT2D eigenvalue weighted by Crippen LogP contribution is -2.43. The molecule has 0 bridgehead atoms. The number of hydrogen-bond acceptors (Lipinski definition) is 2. The molecule has 3 N–H and O–H groups in total. The molecule has 2 atom stereocenters. The molecule has 5 heteroatoms. The number of benzene rings is 1. The first-order chi connectivity index (χ1) is 9.92. The van der Waals surface area contributed by atoms with Gasteiger partial charge in [-0.05, 0) is 25.8 Å². The van der Waals surface area contributed by atoms with E-state index in [1.807, 2.05) is 45.0 Å². The Bertz CT molecular complexity index is 471. The third kappa shape index (κ3) is 6.29. The van der Waals surface area contributed by atoms with E-state index in [1.54, 1.807) is 0 Å². The van der Waals surface area contributed by atoms with E-state index in [4.69, 9.17) is 5.11 Å². The van der Waals surface area contributed by atoms with E-state index in [9.17, 15) is 9.59 Å². The van der Waals surface area contributed by atoms with Crippen LogP contribution in [0.5, 0.6) is 0 Å². The summed E-state index contributed by atoms with van der Waals surface area (Å²) in [7, 11) is 0. The monoisotopic (exact) mass is 292 g/mol. The summed E-state index contributed by atoms with van der Waals surface area (Å²) in [5, 5.41) is 14.4. The van der Waals surface area contributed by atoms with E-state index < -0.39 is 5.97 Å². The molecule has 116 valence electrons. The third-order valence-electron chi connectivity index (χ3n) is 3.32. The molecule has 0 aliphatic carbocycles. The fourth-order valence-electron chi connectivity index (χ4n) is 2.15. The standard InChI is InChI=1S/C16H24N2O3/c1-4-5-14(10-15(19)20)18-16(21)17-12(3)13-8-6-11(2)7-9-13/h6-9,12,14H,4-5,10H2,1-3H3,(H,19,20)(H2,17,18,21). The normalized spacial score (nSPS) is 13.3. The van der Waals surface area contributed by atoms with Crippen LogP contribution in [0.3, 0.4) is 0 Å². The van der Waals surface area contributed by atoms with Crippen molar-refractivity contribution in [2.45, 2.75) is 52.1 Å². The largest absolute Gasteiger partial charge is 0.481 e. The zero-order chi connectivity index (χ0) is 15.8. The Labute approximate surface area is 125 Å². The summed E-state index contributed by atoms with van der Waals surface area (Å²) in [5.74, 6) is -0.902. The summed E-state index contributed by atoms with van der Waals surface area (Å²) < 4.78 is 0. The predicted octanol–water partition coefficient (Wildman–Crippen LogP) is 3.00. The average Bonchev–Trinajstić information content (AvgIpc) is 2.38. The van der Waals surface area contributed by atoms with Gasteiger partial charge in [-0.25, -0.2) is 4.79 Å². The van der Waals surface area contributed by atoms with Crippen LogP contribution in [0.1, 0.15) is 50.3 Å². The van der Waals surface area contributed by atoms with Crippen molar-refractivity contribution in [3.05, 3.63) is 35.4 Å². The number of carboxylic acids is 1. The fraction of sp³-hybridized carbons (Fsp3) is 0.500. The lowest BCUT2D eigenvalue weighted by Gasteiger charge is -2.20. The lowest BCUT2D eigenvalue weighted by atomic mass is 10.1. The number of aliphatic carboxylic acids is 1. The topological polar surface area (TPSA) is 78.4 Å². The molecule has 1 rings (SSSR count). The first-order valence-corrected chi connectivity index (χ1v) is 7.27. The number of aryl methyl sites for hydroxylation is 1. The Hall–Kier alpha value is -2.04. The number of carbonyl (C=O) groups excluding carboxylic acids is 1. The highest BCUT2D eigenvalue weighted by Gasteiger charge is 2.16. The third-order valence-corrected chi connectivity index (χ3v) is 3.32. The van der Waals surface area contributed by atoms with E-state index in [-0.39, 0.29) is 24.5 Å².